The van der Waals surface area contributed by atoms with Gasteiger partial charge in [-0.25, -0.2) is 4.79 Å². The maximum Gasteiger partial charge on any atom is 0.339 e. The summed E-state index contributed by atoms with van der Waals surface area (Å²) < 4.78 is 17.8. The van der Waals surface area contributed by atoms with Crippen molar-refractivity contribution in [3.05, 3.63) is 45.0 Å². The molecular weight excluding hydrogens is 531 g/mol. The number of hydrogen-bond acceptors (Lipinski definition) is 7. The molecule has 4 rings (SSSR count). The SMILES string of the molecule is O=C(OC1CC(C(=O)N2CCCC2C(=O)NCCO)=CC2OCOC21)c1ccccc1I. The van der Waals surface area contributed by atoms with Crippen molar-refractivity contribution in [3.63, 3.8) is 0 Å². The number of halogens is 1. The van der Waals surface area contributed by atoms with Crippen LogP contribution in [-0.4, -0.2) is 78.6 Å². The fourth-order valence-corrected chi connectivity index (χ4v) is 4.91. The first-order valence-corrected chi connectivity index (χ1v) is 11.7. The number of aliphatic hydroxyl groups excluding tert-OH is 1. The predicted molar refractivity (Wildman–Crippen MR) is 121 cm³/mol. The second kappa shape index (κ2) is 10.3. The van der Waals surface area contributed by atoms with Gasteiger partial charge in [-0.15, -0.1) is 0 Å². The van der Waals surface area contributed by atoms with Crippen LogP contribution in [0.15, 0.2) is 35.9 Å². The van der Waals surface area contributed by atoms with Gasteiger partial charge in [0.1, 0.15) is 31.1 Å². The van der Waals surface area contributed by atoms with E-state index in [-0.39, 0.29) is 38.2 Å². The van der Waals surface area contributed by atoms with Gasteiger partial charge in [0, 0.05) is 28.7 Å². The molecule has 172 valence electrons. The molecule has 0 aromatic heterocycles. The number of carbonyl (C=O) groups excluding carboxylic acids is 3. The maximum absolute atomic E-state index is 13.3. The minimum absolute atomic E-state index is 0.0557. The van der Waals surface area contributed by atoms with E-state index >= 15 is 0 Å². The maximum atomic E-state index is 13.3. The standard InChI is InChI=1S/C22H25IN2O7/c23-15-5-2-1-4-14(15)22(29)32-18-11-13(10-17-19(18)31-12-30-17)21(28)25-8-3-6-16(25)20(27)24-7-9-26/h1-2,4-5,10,16-19,26H,3,6-9,11-12H2,(H,24,27). The molecule has 2 N–H and O–H groups in total. The molecule has 2 fully saturated rings. The van der Waals surface area contributed by atoms with Crippen molar-refractivity contribution in [1.29, 1.82) is 0 Å². The second-order valence-corrected chi connectivity index (χ2v) is 9.03. The number of ether oxygens (including phenoxy) is 3. The van der Waals surface area contributed by atoms with Crippen LogP contribution in [0.4, 0.5) is 0 Å². The molecule has 3 aliphatic rings. The highest BCUT2D eigenvalue weighted by Gasteiger charge is 2.44. The number of hydrogen-bond donors (Lipinski definition) is 2. The zero-order chi connectivity index (χ0) is 22.7. The van der Waals surface area contributed by atoms with Gasteiger partial charge in [-0.1, -0.05) is 12.1 Å². The lowest BCUT2D eigenvalue weighted by atomic mass is 9.91. The van der Waals surface area contributed by atoms with Crippen molar-refractivity contribution in [2.75, 3.05) is 26.5 Å². The van der Waals surface area contributed by atoms with Crippen LogP contribution in [0.3, 0.4) is 0 Å². The molecule has 4 unspecified atom stereocenters. The third-order valence-corrected chi connectivity index (χ3v) is 6.79. The van der Waals surface area contributed by atoms with E-state index in [9.17, 15) is 14.4 Å². The third kappa shape index (κ3) is 4.82. The molecule has 2 aliphatic heterocycles. The van der Waals surface area contributed by atoms with Crippen molar-refractivity contribution in [1.82, 2.24) is 10.2 Å². The first-order valence-electron chi connectivity index (χ1n) is 10.6. The normalized spacial score (nSPS) is 26.9. The Morgan fingerprint density at radius 2 is 2.06 bits per heavy atom. The number of nitrogens with zero attached hydrogens (tertiary/aromatic N) is 1. The predicted octanol–water partition coefficient (Wildman–Crippen LogP) is 0.988. The zero-order valence-electron chi connectivity index (χ0n) is 17.4. The van der Waals surface area contributed by atoms with Crippen LogP contribution in [0.2, 0.25) is 0 Å². The number of aliphatic hydroxyl groups is 1. The van der Waals surface area contributed by atoms with Crippen LogP contribution in [0.5, 0.6) is 0 Å². The Balaban J connectivity index is 1.49. The van der Waals surface area contributed by atoms with Gasteiger partial charge in [-0.2, -0.15) is 0 Å². The van der Waals surface area contributed by atoms with E-state index in [1.165, 1.54) is 0 Å². The Bertz CT molecular complexity index is 921. The van der Waals surface area contributed by atoms with E-state index in [1.807, 2.05) is 12.1 Å². The number of fused-ring (bicyclic) bond motifs is 1. The summed E-state index contributed by atoms with van der Waals surface area (Å²) in [5, 5.41) is 11.6. The Morgan fingerprint density at radius 1 is 1.25 bits per heavy atom. The van der Waals surface area contributed by atoms with Gasteiger partial charge in [-0.05, 0) is 53.6 Å². The lowest BCUT2D eigenvalue weighted by Gasteiger charge is -2.32. The minimum atomic E-state index is -0.681. The Labute approximate surface area is 199 Å². The van der Waals surface area contributed by atoms with Gasteiger partial charge >= 0.3 is 5.97 Å². The van der Waals surface area contributed by atoms with Crippen molar-refractivity contribution in [2.24, 2.45) is 0 Å². The van der Waals surface area contributed by atoms with Gasteiger partial charge in [-0.3, -0.25) is 9.59 Å². The summed E-state index contributed by atoms with van der Waals surface area (Å²) in [5.41, 5.74) is 0.894. The summed E-state index contributed by atoms with van der Waals surface area (Å²) in [4.78, 5) is 40.1. The summed E-state index contributed by atoms with van der Waals surface area (Å²) in [5.74, 6) is -1.03. The third-order valence-electron chi connectivity index (χ3n) is 5.85. The van der Waals surface area contributed by atoms with E-state index in [4.69, 9.17) is 19.3 Å². The molecule has 10 heteroatoms. The molecule has 0 saturated carbocycles. The minimum Gasteiger partial charge on any atom is -0.455 e. The average molecular weight is 556 g/mol. The lowest BCUT2D eigenvalue weighted by molar-refractivity contribution is -0.136. The van der Waals surface area contributed by atoms with Crippen LogP contribution >= 0.6 is 22.6 Å². The molecule has 2 amide bonds. The number of carbonyl (C=O) groups is 3. The molecule has 0 spiro atoms. The Morgan fingerprint density at radius 3 is 2.84 bits per heavy atom. The van der Waals surface area contributed by atoms with Gasteiger partial charge in [0.2, 0.25) is 11.8 Å². The summed E-state index contributed by atoms with van der Waals surface area (Å²) in [6.45, 7) is 0.502. The topological polar surface area (TPSA) is 114 Å². The van der Waals surface area contributed by atoms with Crippen LogP contribution in [0, 0.1) is 3.57 Å². The highest BCUT2D eigenvalue weighted by Crippen LogP contribution is 2.33. The summed E-state index contributed by atoms with van der Waals surface area (Å²) in [6.07, 6.45) is 1.51. The van der Waals surface area contributed by atoms with E-state index in [0.29, 0.717) is 30.5 Å². The highest BCUT2D eigenvalue weighted by molar-refractivity contribution is 14.1. The first kappa shape index (κ1) is 23.1. The second-order valence-electron chi connectivity index (χ2n) is 7.87. The lowest BCUT2D eigenvalue weighted by Crippen LogP contribution is -2.49. The van der Waals surface area contributed by atoms with Gasteiger partial charge in [0.05, 0.1) is 12.2 Å². The Kier molecular flexibility index (Phi) is 7.44. The molecular formula is C22H25IN2O7. The van der Waals surface area contributed by atoms with Gasteiger partial charge < -0.3 is 29.5 Å². The monoisotopic (exact) mass is 556 g/mol. The zero-order valence-corrected chi connectivity index (χ0v) is 19.5. The number of rotatable bonds is 6. The van der Waals surface area contributed by atoms with Crippen LogP contribution in [0.1, 0.15) is 29.6 Å². The van der Waals surface area contributed by atoms with Crippen molar-refractivity contribution >= 4 is 40.4 Å². The van der Waals surface area contributed by atoms with E-state index in [2.05, 4.69) is 27.9 Å². The van der Waals surface area contributed by atoms with Crippen molar-refractivity contribution in [3.8, 4) is 0 Å². The first-order chi connectivity index (χ1) is 15.5. The molecule has 2 heterocycles. The van der Waals surface area contributed by atoms with Gasteiger partial charge in [0.15, 0.2) is 0 Å². The number of nitrogens with one attached hydrogen (secondary N) is 1. The number of benzene rings is 1. The van der Waals surface area contributed by atoms with E-state index in [1.54, 1.807) is 23.1 Å². The Hall–Kier alpha value is -2.02. The highest BCUT2D eigenvalue weighted by atomic mass is 127. The molecule has 1 aliphatic carbocycles. The molecule has 1 aromatic carbocycles. The van der Waals surface area contributed by atoms with E-state index in [0.717, 1.165) is 3.57 Å². The quantitative estimate of drug-likeness (QED) is 0.397. The smallest absolute Gasteiger partial charge is 0.339 e. The fourth-order valence-electron chi connectivity index (χ4n) is 4.31. The molecule has 1 aromatic rings. The summed E-state index contributed by atoms with van der Waals surface area (Å²) in [6, 6.07) is 6.53. The molecule has 0 bridgehead atoms. The molecule has 4 atom stereocenters. The molecule has 32 heavy (non-hydrogen) atoms. The number of likely N-dealkylation sites (tertiary alicyclic amines) is 1. The van der Waals surface area contributed by atoms with Crippen LogP contribution in [0.25, 0.3) is 0 Å². The van der Waals surface area contributed by atoms with Gasteiger partial charge in [0.25, 0.3) is 0 Å². The summed E-state index contributed by atoms with van der Waals surface area (Å²) >= 11 is 2.08. The van der Waals surface area contributed by atoms with Crippen molar-refractivity contribution in [2.45, 2.75) is 43.6 Å². The molecule has 0 radical (unpaired) electrons. The number of esters is 1. The molecule has 2 saturated heterocycles. The van der Waals surface area contributed by atoms with Crippen molar-refractivity contribution < 1.29 is 33.7 Å². The van der Waals surface area contributed by atoms with E-state index < -0.39 is 30.3 Å². The summed E-state index contributed by atoms with van der Waals surface area (Å²) in [7, 11) is 0. The van der Waals surface area contributed by atoms with Crippen LogP contribution in [-0.2, 0) is 23.8 Å². The molecule has 9 nitrogen and oxygen atoms in total. The average Bonchev–Trinajstić information content (AvgIpc) is 3.47. The number of amides is 2. The largest absolute Gasteiger partial charge is 0.455 e. The fraction of sp³-hybridized carbons (Fsp3) is 0.500. The van der Waals surface area contributed by atoms with Crippen LogP contribution < -0.4 is 5.32 Å².